The van der Waals surface area contributed by atoms with Crippen LogP contribution < -0.4 is 0 Å². The highest BCUT2D eigenvalue weighted by molar-refractivity contribution is 7.17. The second-order valence-electron chi connectivity index (χ2n) is 6.69. The standard InChI is InChI=1S/C21H21FN2OS/c22-17-8-6-16(7-9-17)14-23-10-3-11-24(13-12-23)21(25)19-15-26-20-5-2-1-4-18(19)20/h1-2,4-9,15H,3,10-14H2. The van der Waals surface area contributed by atoms with Crippen molar-refractivity contribution in [2.24, 2.45) is 0 Å². The summed E-state index contributed by atoms with van der Waals surface area (Å²) in [6.07, 6.45) is 0.953. The summed E-state index contributed by atoms with van der Waals surface area (Å²) in [7, 11) is 0. The van der Waals surface area contributed by atoms with Crippen LogP contribution in [0.2, 0.25) is 0 Å². The molecule has 1 aromatic heterocycles. The minimum Gasteiger partial charge on any atom is -0.337 e. The average molecular weight is 368 g/mol. The van der Waals surface area contributed by atoms with Gasteiger partial charge in [-0.1, -0.05) is 30.3 Å². The Kier molecular flexibility index (Phi) is 5.00. The molecule has 1 amide bonds. The fourth-order valence-corrected chi connectivity index (χ4v) is 4.43. The molecule has 1 fully saturated rings. The molecule has 134 valence electrons. The first-order valence-electron chi connectivity index (χ1n) is 8.93. The first-order valence-corrected chi connectivity index (χ1v) is 9.81. The quantitative estimate of drug-likeness (QED) is 0.685. The van der Waals surface area contributed by atoms with Gasteiger partial charge in [-0.3, -0.25) is 9.69 Å². The Labute approximate surface area is 156 Å². The zero-order chi connectivity index (χ0) is 17.9. The van der Waals surface area contributed by atoms with Gasteiger partial charge in [-0.25, -0.2) is 4.39 Å². The van der Waals surface area contributed by atoms with Crippen molar-refractivity contribution >= 4 is 27.3 Å². The lowest BCUT2D eigenvalue weighted by Crippen LogP contribution is -2.35. The highest BCUT2D eigenvalue weighted by atomic mass is 32.1. The lowest BCUT2D eigenvalue weighted by molar-refractivity contribution is 0.0763. The fraction of sp³-hybridized carbons (Fsp3) is 0.286. The average Bonchev–Trinajstić information content (AvgIpc) is 2.95. The number of nitrogens with zero attached hydrogens (tertiary/aromatic N) is 2. The van der Waals surface area contributed by atoms with Gasteiger partial charge < -0.3 is 4.90 Å². The Hall–Kier alpha value is -2.24. The third kappa shape index (κ3) is 3.64. The number of carbonyl (C=O) groups is 1. The van der Waals surface area contributed by atoms with Gasteiger partial charge in [0.05, 0.1) is 5.56 Å². The molecule has 0 unspecified atom stereocenters. The van der Waals surface area contributed by atoms with Crippen molar-refractivity contribution in [3.63, 3.8) is 0 Å². The highest BCUT2D eigenvalue weighted by Crippen LogP contribution is 2.27. The summed E-state index contributed by atoms with van der Waals surface area (Å²) in [6, 6.07) is 14.8. The van der Waals surface area contributed by atoms with Crippen molar-refractivity contribution in [3.05, 3.63) is 70.9 Å². The third-order valence-corrected chi connectivity index (χ3v) is 5.87. The Morgan fingerprint density at radius 3 is 2.65 bits per heavy atom. The van der Waals surface area contributed by atoms with Gasteiger partial charge in [0.1, 0.15) is 5.82 Å². The molecular formula is C21H21FN2OS. The molecule has 1 aliphatic rings. The first-order chi connectivity index (χ1) is 12.7. The van der Waals surface area contributed by atoms with E-state index in [1.807, 2.05) is 40.6 Å². The monoisotopic (exact) mass is 368 g/mol. The summed E-state index contributed by atoms with van der Waals surface area (Å²) in [5.74, 6) is -0.0736. The highest BCUT2D eigenvalue weighted by Gasteiger charge is 2.22. The van der Waals surface area contributed by atoms with E-state index in [1.54, 1.807) is 11.3 Å². The van der Waals surface area contributed by atoms with E-state index in [-0.39, 0.29) is 11.7 Å². The van der Waals surface area contributed by atoms with E-state index in [4.69, 9.17) is 0 Å². The molecule has 2 heterocycles. The summed E-state index contributed by atoms with van der Waals surface area (Å²) < 4.78 is 14.2. The maximum absolute atomic E-state index is 13.1. The first kappa shape index (κ1) is 17.2. The van der Waals surface area contributed by atoms with Crippen molar-refractivity contribution in [3.8, 4) is 0 Å². The molecule has 0 spiro atoms. The maximum Gasteiger partial charge on any atom is 0.255 e. The number of benzene rings is 2. The van der Waals surface area contributed by atoms with Gasteiger partial charge in [0.2, 0.25) is 0 Å². The van der Waals surface area contributed by atoms with Crippen molar-refractivity contribution in [2.75, 3.05) is 26.2 Å². The van der Waals surface area contributed by atoms with Gasteiger partial charge in [0, 0.05) is 48.2 Å². The number of fused-ring (bicyclic) bond motifs is 1. The van der Waals surface area contributed by atoms with Crippen molar-refractivity contribution in [1.29, 1.82) is 0 Å². The summed E-state index contributed by atoms with van der Waals surface area (Å²) in [5, 5.41) is 3.03. The van der Waals surface area contributed by atoms with Gasteiger partial charge in [0.15, 0.2) is 0 Å². The van der Waals surface area contributed by atoms with Crippen LogP contribution in [-0.2, 0) is 6.54 Å². The van der Waals surface area contributed by atoms with E-state index < -0.39 is 0 Å². The molecule has 26 heavy (non-hydrogen) atoms. The van der Waals surface area contributed by atoms with E-state index in [9.17, 15) is 9.18 Å². The Morgan fingerprint density at radius 1 is 1.00 bits per heavy atom. The molecule has 1 aliphatic heterocycles. The molecule has 3 nitrogen and oxygen atoms in total. The van der Waals surface area contributed by atoms with Crippen LogP contribution in [0.5, 0.6) is 0 Å². The molecule has 0 aliphatic carbocycles. The lowest BCUT2D eigenvalue weighted by Gasteiger charge is -2.22. The van der Waals surface area contributed by atoms with Gasteiger partial charge in [-0.05, 0) is 30.2 Å². The molecule has 4 rings (SSSR count). The minimum absolute atomic E-state index is 0.131. The van der Waals surface area contributed by atoms with Gasteiger partial charge in [-0.2, -0.15) is 0 Å². The summed E-state index contributed by atoms with van der Waals surface area (Å²) >= 11 is 1.63. The molecule has 2 aromatic carbocycles. The zero-order valence-corrected chi connectivity index (χ0v) is 15.3. The van der Waals surface area contributed by atoms with Crippen LogP contribution in [-0.4, -0.2) is 41.9 Å². The van der Waals surface area contributed by atoms with Crippen molar-refractivity contribution in [2.45, 2.75) is 13.0 Å². The Bertz CT molecular complexity index is 906. The summed E-state index contributed by atoms with van der Waals surface area (Å²) in [6.45, 7) is 4.09. The molecular weight excluding hydrogens is 347 g/mol. The van der Waals surface area contributed by atoms with E-state index in [1.165, 1.54) is 12.1 Å². The lowest BCUT2D eigenvalue weighted by atomic mass is 10.1. The minimum atomic E-state index is -0.204. The largest absolute Gasteiger partial charge is 0.337 e. The van der Waals surface area contributed by atoms with Crippen LogP contribution >= 0.6 is 11.3 Å². The van der Waals surface area contributed by atoms with Crippen molar-refractivity contribution < 1.29 is 9.18 Å². The zero-order valence-electron chi connectivity index (χ0n) is 14.5. The van der Waals surface area contributed by atoms with Crippen LogP contribution in [0.25, 0.3) is 10.1 Å². The topological polar surface area (TPSA) is 23.6 Å². The van der Waals surface area contributed by atoms with Gasteiger partial charge in [-0.15, -0.1) is 11.3 Å². The number of rotatable bonds is 3. The molecule has 0 saturated carbocycles. The summed E-state index contributed by atoms with van der Waals surface area (Å²) in [5.41, 5.74) is 1.92. The number of amides is 1. The van der Waals surface area contributed by atoms with E-state index in [0.29, 0.717) is 0 Å². The van der Waals surface area contributed by atoms with Crippen LogP contribution in [0, 0.1) is 5.82 Å². The molecule has 0 bridgehead atoms. The van der Waals surface area contributed by atoms with Gasteiger partial charge >= 0.3 is 0 Å². The maximum atomic E-state index is 13.1. The van der Waals surface area contributed by atoms with Crippen molar-refractivity contribution in [1.82, 2.24) is 9.80 Å². The molecule has 5 heteroatoms. The number of halogens is 1. The van der Waals surface area contributed by atoms with E-state index >= 15 is 0 Å². The van der Waals surface area contributed by atoms with Crippen LogP contribution in [0.1, 0.15) is 22.3 Å². The third-order valence-electron chi connectivity index (χ3n) is 4.91. The molecule has 3 aromatic rings. The predicted octanol–water partition coefficient (Wildman–Crippen LogP) is 4.39. The van der Waals surface area contributed by atoms with Crippen LogP contribution in [0.4, 0.5) is 4.39 Å². The van der Waals surface area contributed by atoms with Crippen LogP contribution in [0.3, 0.4) is 0 Å². The number of carbonyl (C=O) groups excluding carboxylic acids is 1. The molecule has 1 saturated heterocycles. The van der Waals surface area contributed by atoms with E-state index in [2.05, 4.69) is 11.0 Å². The van der Waals surface area contributed by atoms with Crippen LogP contribution in [0.15, 0.2) is 53.9 Å². The van der Waals surface area contributed by atoms with Gasteiger partial charge in [0.25, 0.3) is 5.91 Å². The fourth-order valence-electron chi connectivity index (χ4n) is 3.49. The predicted molar refractivity (Wildman–Crippen MR) is 104 cm³/mol. The normalized spacial score (nSPS) is 16.0. The molecule has 0 atom stereocenters. The number of hydrogen-bond donors (Lipinski definition) is 0. The smallest absolute Gasteiger partial charge is 0.255 e. The van der Waals surface area contributed by atoms with E-state index in [0.717, 1.165) is 60.4 Å². The number of hydrogen-bond acceptors (Lipinski definition) is 3. The second-order valence-corrected chi connectivity index (χ2v) is 7.61. The number of thiophene rings is 1. The SMILES string of the molecule is O=C(c1csc2ccccc12)N1CCCN(Cc2ccc(F)cc2)CC1. The summed E-state index contributed by atoms with van der Waals surface area (Å²) in [4.78, 5) is 17.3. The molecule has 0 radical (unpaired) electrons. The Balaban J connectivity index is 1.43. The molecule has 0 N–H and O–H groups in total. The Morgan fingerprint density at radius 2 is 1.81 bits per heavy atom. The second kappa shape index (κ2) is 7.56.